The first-order chi connectivity index (χ1) is 6.35. The van der Waals surface area contributed by atoms with Crippen LogP contribution in [-0.2, 0) is 0 Å². The highest BCUT2D eigenvalue weighted by atomic mass is 32.1. The maximum absolute atomic E-state index is 4.83. The highest BCUT2D eigenvalue weighted by Gasteiger charge is 2.28. The van der Waals surface area contributed by atoms with E-state index in [1.54, 1.807) is 0 Å². The van der Waals surface area contributed by atoms with Crippen LogP contribution in [0.1, 0.15) is 60.8 Å². The van der Waals surface area contributed by atoms with Gasteiger partial charge in [-0.3, -0.25) is 0 Å². The topological polar surface area (TPSA) is 0 Å². The minimum Gasteiger partial charge on any atom is -0.173 e. The number of hydrogen-bond acceptors (Lipinski definition) is 1. The number of rotatable bonds is 6. The Morgan fingerprint density at radius 2 is 1.50 bits per heavy atom. The molecular formula is C13H28S. The fourth-order valence-electron chi connectivity index (χ4n) is 1.90. The van der Waals surface area contributed by atoms with Gasteiger partial charge >= 0.3 is 0 Å². The van der Waals surface area contributed by atoms with E-state index in [2.05, 4.69) is 41.5 Å². The van der Waals surface area contributed by atoms with E-state index >= 15 is 0 Å². The average Bonchev–Trinajstić information content (AvgIpc) is 2.14. The van der Waals surface area contributed by atoms with Gasteiger partial charge in [-0.05, 0) is 24.2 Å². The third kappa shape index (κ3) is 4.25. The molecule has 0 aliphatic rings. The highest BCUT2D eigenvalue weighted by molar-refractivity contribution is 7.81. The maximum atomic E-state index is 4.83. The van der Waals surface area contributed by atoms with Crippen molar-refractivity contribution in [2.24, 2.45) is 17.8 Å². The van der Waals surface area contributed by atoms with Gasteiger partial charge < -0.3 is 0 Å². The summed E-state index contributed by atoms with van der Waals surface area (Å²) in [5, 5.41) is 0. The Labute approximate surface area is 96.3 Å². The van der Waals surface area contributed by atoms with Crippen LogP contribution >= 0.6 is 12.6 Å². The van der Waals surface area contributed by atoms with Gasteiger partial charge in [-0.2, -0.15) is 12.6 Å². The van der Waals surface area contributed by atoms with Gasteiger partial charge in [-0.25, -0.2) is 0 Å². The molecule has 2 unspecified atom stereocenters. The van der Waals surface area contributed by atoms with Crippen molar-refractivity contribution in [3.05, 3.63) is 0 Å². The summed E-state index contributed by atoms with van der Waals surface area (Å²) in [6, 6.07) is 0. The molecule has 4 atom stereocenters. The van der Waals surface area contributed by atoms with Gasteiger partial charge in [0.2, 0.25) is 0 Å². The molecule has 0 aliphatic carbocycles. The lowest BCUT2D eigenvalue weighted by molar-refractivity contribution is 0.281. The summed E-state index contributed by atoms with van der Waals surface area (Å²) in [5.74, 6) is 2.32. The van der Waals surface area contributed by atoms with Crippen LogP contribution in [0.2, 0.25) is 0 Å². The summed E-state index contributed by atoms with van der Waals surface area (Å²) in [6.45, 7) is 13.9. The van der Waals surface area contributed by atoms with Crippen LogP contribution in [0.15, 0.2) is 0 Å². The monoisotopic (exact) mass is 216 g/mol. The molecule has 0 spiro atoms. The lowest BCUT2D eigenvalue weighted by Gasteiger charge is -2.34. The van der Waals surface area contributed by atoms with Crippen molar-refractivity contribution in [2.75, 3.05) is 0 Å². The van der Waals surface area contributed by atoms with Crippen LogP contribution in [0.4, 0.5) is 0 Å². The van der Waals surface area contributed by atoms with Crippen molar-refractivity contribution in [3.63, 3.8) is 0 Å². The third-order valence-corrected chi connectivity index (χ3v) is 4.65. The molecule has 0 heterocycles. The Bertz CT molecular complexity index is 151. The molecule has 0 amide bonds. The first-order valence-electron chi connectivity index (χ1n) is 6.07. The zero-order valence-electron chi connectivity index (χ0n) is 10.8. The van der Waals surface area contributed by atoms with Crippen molar-refractivity contribution in [3.8, 4) is 0 Å². The molecule has 0 aromatic rings. The van der Waals surface area contributed by atoms with E-state index in [1.165, 1.54) is 19.3 Å². The molecule has 0 saturated heterocycles. The van der Waals surface area contributed by atoms with Gasteiger partial charge in [0.15, 0.2) is 0 Å². The summed E-state index contributed by atoms with van der Waals surface area (Å²) in [5.41, 5.74) is 0. The van der Waals surface area contributed by atoms with E-state index in [0.29, 0.717) is 5.92 Å². The molecule has 0 fully saturated rings. The van der Waals surface area contributed by atoms with E-state index in [0.717, 1.165) is 11.8 Å². The smallest absolute Gasteiger partial charge is 0.0129 e. The molecule has 0 aliphatic heterocycles. The molecule has 0 bridgehead atoms. The van der Waals surface area contributed by atoms with E-state index in [1.807, 2.05) is 0 Å². The summed E-state index contributed by atoms with van der Waals surface area (Å²) >= 11 is 4.83. The Morgan fingerprint density at radius 1 is 1.00 bits per heavy atom. The van der Waals surface area contributed by atoms with Crippen LogP contribution < -0.4 is 0 Å². The van der Waals surface area contributed by atoms with Crippen molar-refractivity contribution >= 4 is 12.6 Å². The van der Waals surface area contributed by atoms with E-state index in [-0.39, 0.29) is 4.75 Å². The van der Waals surface area contributed by atoms with E-state index in [4.69, 9.17) is 12.6 Å². The molecule has 0 aromatic carbocycles. The molecular weight excluding hydrogens is 188 g/mol. The Morgan fingerprint density at radius 3 is 1.86 bits per heavy atom. The quantitative estimate of drug-likeness (QED) is 0.606. The van der Waals surface area contributed by atoms with Crippen LogP contribution in [0.5, 0.6) is 0 Å². The van der Waals surface area contributed by atoms with Gasteiger partial charge in [0.05, 0.1) is 0 Å². The van der Waals surface area contributed by atoms with Gasteiger partial charge in [0.1, 0.15) is 0 Å². The van der Waals surface area contributed by atoms with Gasteiger partial charge in [-0.15, -0.1) is 0 Å². The first-order valence-corrected chi connectivity index (χ1v) is 6.52. The largest absolute Gasteiger partial charge is 0.173 e. The minimum atomic E-state index is 0.206. The Balaban J connectivity index is 4.20. The molecule has 0 N–H and O–H groups in total. The minimum absolute atomic E-state index is 0.206. The second-order valence-corrected chi connectivity index (χ2v) is 6.26. The molecule has 0 rings (SSSR count). The fraction of sp³-hybridized carbons (Fsp3) is 1.00. The lowest BCUT2D eigenvalue weighted by atomic mass is 9.80. The summed E-state index contributed by atoms with van der Waals surface area (Å²) in [6.07, 6.45) is 3.75. The first kappa shape index (κ1) is 14.3. The number of thiol groups is 1. The van der Waals surface area contributed by atoms with Crippen molar-refractivity contribution in [1.82, 2.24) is 0 Å². The predicted octanol–water partition coefficient (Wildman–Crippen LogP) is 4.79. The predicted molar refractivity (Wildman–Crippen MR) is 70.1 cm³/mol. The zero-order valence-corrected chi connectivity index (χ0v) is 11.7. The SMILES string of the molecule is CCC(C)C(C)(S)C[C@@H](C)[C@@H](C)CC. The standard InChI is InChI=1S/C13H28S/c1-7-10(3)11(4)9-13(6,14)12(5)8-2/h10-12,14H,7-9H2,1-6H3/t10-,11+,12?,13?/m0/s1. The Kier molecular flexibility index (Phi) is 6.20. The average molecular weight is 216 g/mol. The van der Waals surface area contributed by atoms with Crippen molar-refractivity contribution in [1.29, 1.82) is 0 Å². The second kappa shape index (κ2) is 6.05. The fourth-order valence-corrected chi connectivity index (χ4v) is 2.37. The molecule has 14 heavy (non-hydrogen) atoms. The molecule has 0 radical (unpaired) electrons. The van der Waals surface area contributed by atoms with Crippen molar-refractivity contribution in [2.45, 2.75) is 65.6 Å². The zero-order chi connectivity index (χ0) is 11.4. The van der Waals surface area contributed by atoms with E-state index < -0.39 is 0 Å². The van der Waals surface area contributed by atoms with Gasteiger partial charge in [-0.1, -0.05) is 54.4 Å². The van der Waals surface area contributed by atoms with Gasteiger partial charge in [0.25, 0.3) is 0 Å². The highest BCUT2D eigenvalue weighted by Crippen LogP contribution is 2.36. The molecule has 0 aromatic heterocycles. The van der Waals surface area contributed by atoms with Crippen molar-refractivity contribution < 1.29 is 0 Å². The Hall–Kier alpha value is 0.350. The summed E-state index contributed by atoms with van der Waals surface area (Å²) < 4.78 is 0.206. The number of hydrogen-bond donors (Lipinski definition) is 1. The lowest BCUT2D eigenvalue weighted by Crippen LogP contribution is -2.30. The van der Waals surface area contributed by atoms with Gasteiger partial charge in [0, 0.05) is 4.75 Å². The van der Waals surface area contributed by atoms with Crippen LogP contribution in [-0.4, -0.2) is 4.75 Å². The second-order valence-electron chi connectivity index (χ2n) is 5.23. The maximum Gasteiger partial charge on any atom is 0.0129 e. The third-order valence-electron chi connectivity index (χ3n) is 4.02. The molecule has 0 saturated carbocycles. The summed E-state index contributed by atoms with van der Waals surface area (Å²) in [4.78, 5) is 0. The summed E-state index contributed by atoms with van der Waals surface area (Å²) in [7, 11) is 0. The molecule has 0 nitrogen and oxygen atoms in total. The molecule has 86 valence electrons. The molecule has 1 heteroatoms. The van der Waals surface area contributed by atoms with Crippen LogP contribution in [0.25, 0.3) is 0 Å². The van der Waals surface area contributed by atoms with Crippen LogP contribution in [0, 0.1) is 17.8 Å². The van der Waals surface area contributed by atoms with E-state index in [9.17, 15) is 0 Å². The normalized spacial score (nSPS) is 22.5. The van der Waals surface area contributed by atoms with Crippen LogP contribution in [0.3, 0.4) is 0 Å².